The summed E-state index contributed by atoms with van der Waals surface area (Å²) >= 11 is 0. The van der Waals surface area contributed by atoms with E-state index in [-0.39, 0.29) is 12.2 Å². The first-order valence-electron chi connectivity index (χ1n) is 10.1. The Morgan fingerprint density at radius 2 is 1.00 bits per heavy atom. The van der Waals surface area contributed by atoms with Crippen LogP contribution in [0.4, 0.5) is 0 Å². The number of hydrogen-bond donors (Lipinski definition) is 2. The van der Waals surface area contributed by atoms with Crippen molar-refractivity contribution in [1.29, 1.82) is 0 Å². The molecule has 3 fully saturated rings. The first-order valence-corrected chi connectivity index (χ1v) is 10.1. The van der Waals surface area contributed by atoms with Gasteiger partial charge in [-0.25, -0.2) is 0 Å². The molecule has 3 aliphatic rings. The number of fused-ring (bicyclic) bond motifs is 2. The molecule has 0 radical (unpaired) electrons. The molecule has 0 aromatic heterocycles. The lowest BCUT2D eigenvalue weighted by atomic mass is 9.60. The molecule has 2 nitrogen and oxygen atoms in total. The Hall–Kier alpha value is -0.0800. The molecule has 3 saturated carbocycles. The van der Waals surface area contributed by atoms with Gasteiger partial charge in [0, 0.05) is 0 Å². The summed E-state index contributed by atoms with van der Waals surface area (Å²) in [6.45, 7) is 9.90. The van der Waals surface area contributed by atoms with E-state index >= 15 is 0 Å². The normalized spacial score (nSPS) is 46.7. The van der Waals surface area contributed by atoms with Gasteiger partial charge in [0.25, 0.3) is 0 Å². The molecule has 3 aliphatic carbocycles. The quantitative estimate of drug-likeness (QED) is 0.674. The highest BCUT2D eigenvalue weighted by Crippen LogP contribution is 2.55. The van der Waals surface area contributed by atoms with Gasteiger partial charge in [0.1, 0.15) is 0 Å². The largest absolute Gasteiger partial charge is 0.393 e. The summed E-state index contributed by atoms with van der Waals surface area (Å²) in [4.78, 5) is 0. The van der Waals surface area contributed by atoms with E-state index < -0.39 is 0 Å². The maximum absolute atomic E-state index is 10.3. The van der Waals surface area contributed by atoms with Crippen molar-refractivity contribution in [2.24, 2.45) is 34.5 Å². The smallest absolute Gasteiger partial charge is 0.0543 e. The summed E-state index contributed by atoms with van der Waals surface area (Å²) < 4.78 is 0. The summed E-state index contributed by atoms with van der Waals surface area (Å²) in [6.07, 6.45) is 10.0. The first-order chi connectivity index (χ1) is 10.7. The maximum Gasteiger partial charge on any atom is 0.0543 e. The van der Waals surface area contributed by atoms with E-state index in [2.05, 4.69) is 27.7 Å². The number of hydrogen-bond acceptors (Lipinski definition) is 2. The van der Waals surface area contributed by atoms with Crippen molar-refractivity contribution < 1.29 is 10.2 Å². The highest BCUT2D eigenvalue weighted by atomic mass is 16.3. The lowest BCUT2D eigenvalue weighted by Crippen LogP contribution is -2.39. The fourth-order valence-electron chi connectivity index (χ4n) is 6.46. The van der Waals surface area contributed by atoms with Crippen molar-refractivity contribution in [1.82, 2.24) is 0 Å². The fourth-order valence-corrected chi connectivity index (χ4v) is 6.46. The van der Waals surface area contributed by atoms with Crippen LogP contribution >= 0.6 is 0 Å². The van der Waals surface area contributed by atoms with Gasteiger partial charge in [-0.05, 0) is 92.3 Å². The Kier molecular flexibility index (Phi) is 4.88. The molecule has 0 aliphatic heterocycles. The summed E-state index contributed by atoms with van der Waals surface area (Å²) in [6, 6.07) is 0. The maximum atomic E-state index is 10.3. The van der Waals surface area contributed by atoms with Crippen LogP contribution < -0.4 is 0 Å². The molecule has 0 aromatic carbocycles. The highest BCUT2D eigenvalue weighted by Gasteiger charge is 2.47. The van der Waals surface area contributed by atoms with Crippen molar-refractivity contribution in [3.8, 4) is 0 Å². The fraction of sp³-hybridized carbons (Fsp3) is 1.00. The molecule has 2 heteroatoms. The van der Waals surface area contributed by atoms with Crippen molar-refractivity contribution >= 4 is 0 Å². The van der Waals surface area contributed by atoms with Crippen LogP contribution in [-0.4, -0.2) is 22.4 Å². The van der Waals surface area contributed by atoms with Crippen LogP contribution in [0.5, 0.6) is 0 Å². The van der Waals surface area contributed by atoms with E-state index in [0.29, 0.717) is 22.7 Å². The van der Waals surface area contributed by atoms with E-state index in [1.165, 1.54) is 32.1 Å². The molecule has 134 valence electrons. The number of rotatable bonds is 0. The average Bonchev–Trinajstić information content (AvgIpc) is 2.47. The summed E-state index contributed by atoms with van der Waals surface area (Å²) in [7, 11) is 0. The van der Waals surface area contributed by atoms with Gasteiger partial charge in [0.05, 0.1) is 12.2 Å². The molecular formula is C21H38O2. The molecule has 6 unspecified atom stereocenters. The Morgan fingerprint density at radius 3 is 1.39 bits per heavy atom. The van der Waals surface area contributed by atoms with Crippen LogP contribution in [0.15, 0.2) is 0 Å². The number of aliphatic hydroxyl groups is 2. The second-order valence-corrected chi connectivity index (χ2v) is 10.4. The van der Waals surface area contributed by atoms with Gasteiger partial charge in [-0.1, -0.05) is 27.7 Å². The van der Waals surface area contributed by atoms with Crippen LogP contribution in [0.3, 0.4) is 0 Å². The Labute approximate surface area is 143 Å². The third-order valence-corrected chi connectivity index (χ3v) is 7.94. The van der Waals surface area contributed by atoms with Crippen LogP contribution in [0, 0.1) is 34.5 Å². The molecule has 0 bridgehead atoms. The van der Waals surface area contributed by atoms with Gasteiger partial charge in [-0.15, -0.1) is 0 Å². The zero-order valence-electron chi connectivity index (χ0n) is 15.7. The first kappa shape index (κ1) is 17.7. The van der Waals surface area contributed by atoms with Crippen LogP contribution in [0.25, 0.3) is 0 Å². The van der Waals surface area contributed by atoms with Crippen LogP contribution in [0.1, 0.15) is 85.5 Å². The molecule has 3 rings (SSSR count). The van der Waals surface area contributed by atoms with Crippen molar-refractivity contribution in [2.75, 3.05) is 0 Å². The van der Waals surface area contributed by atoms with Crippen LogP contribution in [0.2, 0.25) is 0 Å². The second-order valence-electron chi connectivity index (χ2n) is 10.4. The van der Waals surface area contributed by atoms with Crippen molar-refractivity contribution in [3.63, 3.8) is 0 Å². The van der Waals surface area contributed by atoms with Crippen LogP contribution in [-0.2, 0) is 0 Å². The monoisotopic (exact) mass is 322 g/mol. The highest BCUT2D eigenvalue weighted by molar-refractivity contribution is 4.97. The molecule has 0 spiro atoms. The zero-order chi connectivity index (χ0) is 16.8. The molecule has 0 heterocycles. The molecule has 0 aromatic rings. The molecule has 0 saturated heterocycles. The molecule has 2 N–H and O–H groups in total. The summed E-state index contributed by atoms with van der Waals surface area (Å²) in [5, 5.41) is 20.5. The van der Waals surface area contributed by atoms with Crippen molar-refractivity contribution in [3.05, 3.63) is 0 Å². The van der Waals surface area contributed by atoms with Gasteiger partial charge >= 0.3 is 0 Å². The summed E-state index contributed by atoms with van der Waals surface area (Å²) in [5.41, 5.74) is 0.766. The predicted molar refractivity (Wildman–Crippen MR) is 95.1 cm³/mol. The summed E-state index contributed by atoms with van der Waals surface area (Å²) in [5.74, 6) is 2.81. The van der Waals surface area contributed by atoms with E-state index in [4.69, 9.17) is 0 Å². The van der Waals surface area contributed by atoms with E-state index in [9.17, 15) is 10.2 Å². The molecule has 0 amide bonds. The van der Waals surface area contributed by atoms with Gasteiger partial charge in [-0.2, -0.15) is 0 Å². The second kappa shape index (κ2) is 6.33. The third-order valence-electron chi connectivity index (χ3n) is 7.94. The predicted octanol–water partition coefficient (Wildman–Crippen LogP) is 4.78. The third kappa shape index (κ3) is 3.63. The lowest BCUT2D eigenvalue weighted by Gasteiger charge is -2.46. The SMILES string of the molecule is CC1(C)CCC(C)(C)C2CCC(O)CC2CC2CC(O)CCC21. The van der Waals surface area contributed by atoms with Gasteiger partial charge in [-0.3, -0.25) is 0 Å². The minimum Gasteiger partial charge on any atom is -0.393 e. The minimum absolute atomic E-state index is 0.0900. The minimum atomic E-state index is -0.0900. The topological polar surface area (TPSA) is 40.5 Å². The Morgan fingerprint density at radius 1 is 0.609 bits per heavy atom. The standard InChI is InChI=1S/C21H38O2/c1-20(2)9-10-21(3,4)19-8-6-17(23)13-15(19)11-14-12-16(22)5-7-18(14)20/h14-19,22-23H,5-13H2,1-4H3. The van der Waals surface area contributed by atoms with E-state index in [0.717, 1.165) is 37.5 Å². The Balaban J connectivity index is 1.90. The van der Waals surface area contributed by atoms with E-state index in [1.54, 1.807) is 0 Å². The van der Waals surface area contributed by atoms with Gasteiger partial charge < -0.3 is 10.2 Å². The van der Waals surface area contributed by atoms with Gasteiger partial charge in [0.2, 0.25) is 0 Å². The molecule has 23 heavy (non-hydrogen) atoms. The molecular weight excluding hydrogens is 284 g/mol. The van der Waals surface area contributed by atoms with E-state index in [1.807, 2.05) is 0 Å². The number of aliphatic hydroxyl groups excluding tert-OH is 2. The van der Waals surface area contributed by atoms with Crippen molar-refractivity contribution in [2.45, 2.75) is 97.7 Å². The molecule has 6 atom stereocenters. The zero-order valence-corrected chi connectivity index (χ0v) is 15.7. The average molecular weight is 323 g/mol. The van der Waals surface area contributed by atoms with Gasteiger partial charge in [0.15, 0.2) is 0 Å². The lowest BCUT2D eigenvalue weighted by molar-refractivity contribution is -0.0136. The Bertz CT molecular complexity index is 376.